The predicted octanol–water partition coefficient (Wildman–Crippen LogP) is 6.53. The van der Waals surface area contributed by atoms with Gasteiger partial charge in [0.2, 0.25) is 0 Å². The smallest absolute Gasteiger partial charge is 0.114 e. The third-order valence-corrected chi connectivity index (χ3v) is 10.6. The predicted molar refractivity (Wildman–Crippen MR) is 234 cm³/mol. The first-order chi connectivity index (χ1) is 26.3. The molecule has 0 aliphatic carbocycles. The fourth-order valence-corrected chi connectivity index (χ4v) is 7.99. The second-order valence-corrected chi connectivity index (χ2v) is 13.7. The molecule has 1 aromatic heterocycles. The van der Waals surface area contributed by atoms with Crippen LogP contribution in [0.4, 0.5) is 0 Å². The first-order valence-corrected chi connectivity index (χ1v) is 18.1. The summed E-state index contributed by atoms with van der Waals surface area (Å²) in [5.74, 6) is 1.04. The van der Waals surface area contributed by atoms with Gasteiger partial charge < -0.3 is 0 Å². The molecule has 0 amide bonds. The molecule has 0 atom stereocenters. The quantitative estimate of drug-likeness (QED) is 0.145. The van der Waals surface area contributed by atoms with Crippen molar-refractivity contribution in [3.8, 4) is 50.2 Å². The van der Waals surface area contributed by atoms with Crippen molar-refractivity contribution >= 4 is 99.1 Å². The van der Waals surface area contributed by atoms with Gasteiger partial charge in [0.25, 0.3) is 0 Å². The SMILES string of the molecule is [B]c1c([B])c([B])c(-c2ccc(-c3c4ccccc4c(-c4cccc(-c5cccc(-n6c(CC)nc7ccccc76)c5)c4)c4ccccc34)cc2)c([B])c1[B]. The molecule has 0 unspecified atom stereocenters. The van der Waals surface area contributed by atoms with Crippen LogP contribution in [0.15, 0.2) is 146 Å². The van der Waals surface area contributed by atoms with Gasteiger partial charge in [-0.25, -0.2) is 4.98 Å². The van der Waals surface area contributed by atoms with E-state index in [1.165, 1.54) is 16.3 Å². The van der Waals surface area contributed by atoms with Crippen molar-refractivity contribution in [2.75, 3.05) is 0 Å². The van der Waals surface area contributed by atoms with E-state index in [9.17, 15) is 0 Å². The number of para-hydroxylation sites is 2. The van der Waals surface area contributed by atoms with Crippen LogP contribution in [0.5, 0.6) is 0 Å². The highest BCUT2D eigenvalue weighted by atomic mass is 15.1. The van der Waals surface area contributed by atoms with Crippen molar-refractivity contribution in [3.63, 3.8) is 0 Å². The molecule has 1 heterocycles. The molecular formula is C47H29B5N2. The van der Waals surface area contributed by atoms with Crippen LogP contribution in [0.3, 0.4) is 0 Å². The lowest BCUT2D eigenvalue weighted by atomic mass is 9.59. The normalized spacial score (nSPS) is 11.5. The highest BCUT2D eigenvalue weighted by Gasteiger charge is 2.19. The fourth-order valence-electron chi connectivity index (χ4n) is 7.99. The van der Waals surface area contributed by atoms with Gasteiger partial charge in [-0.3, -0.25) is 4.57 Å². The van der Waals surface area contributed by atoms with Crippen LogP contribution in [0.25, 0.3) is 82.8 Å². The summed E-state index contributed by atoms with van der Waals surface area (Å²) in [6, 6.07) is 51.5. The maximum Gasteiger partial charge on any atom is 0.114 e. The van der Waals surface area contributed by atoms with Gasteiger partial charge in [-0.1, -0.05) is 133 Å². The average molecular weight is 676 g/mol. The molecule has 0 N–H and O–H groups in total. The van der Waals surface area contributed by atoms with Crippen molar-refractivity contribution < 1.29 is 0 Å². The molecule has 2 nitrogen and oxygen atoms in total. The van der Waals surface area contributed by atoms with Gasteiger partial charge in [0.1, 0.15) is 45.1 Å². The number of rotatable bonds is 6. The topological polar surface area (TPSA) is 17.8 Å². The van der Waals surface area contributed by atoms with E-state index in [1.54, 1.807) is 0 Å². The van der Waals surface area contributed by atoms with E-state index in [0.717, 1.165) is 73.1 Å². The lowest BCUT2D eigenvalue weighted by Crippen LogP contribution is -2.55. The van der Waals surface area contributed by atoms with Crippen LogP contribution in [0.2, 0.25) is 0 Å². The lowest BCUT2D eigenvalue weighted by Gasteiger charge is -2.22. The van der Waals surface area contributed by atoms with E-state index < -0.39 is 0 Å². The van der Waals surface area contributed by atoms with E-state index in [2.05, 4.69) is 139 Å². The van der Waals surface area contributed by atoms with Gasteiger partial charge >= 0.3 is 0 Å². The number of hydrogen-bond acceptors (Lipinski definition) is 1. The van der Waals surface area contributed by atoms with Crippen LogP contribution in [0, 0.1) is 0 Å². The number of aromatic nitrogens is 2. The molecule has 0 aliphatic rings. The Labute approximate surface area is 322 Å². The monoisotopic (exact) mass is 676 g/mol. The van der Waals surface area contributed by atoms with Crippen molar-refractivity contribution in [1.82, 2.24) is 9.55 Å². The molecule has 0 aliphatic heterocycles. The Kier molecular flexibility index (Phi) is 8.46. The van der Waals surface area contributed by atoms with Crippen molar-refractivity contribution in [1.29, 1.82) is 0 Å². The molecule has 54 heavy (non-hydrogen) atoms. The molecule has 0 saturated heterocycles. The minimum atomic E-state index is 0.205. The number of fused-ring (bicyclic) bond motifs is 3. The molecule has 10 radical (unpaired) electrons. The van der Waals surface area contributed by atoms with Crippen LogP contribution >= 0.6 is 0 Å². The van der Waals surface area contributed by atoms with E-state index in [0.29, 0.717) is 16.5 Å². The molecule has 9 aromatic rings. The van der Waals surface area contributed by atoms with Crippen LogP contribution in [0.1, 0.15) is 12.7 Å². The van der Waals surface area contributed by atoms with E-state index in [1.807, 2.05) is 18.2 Å². The summed E-state index contributed by atoms with van der Waals surface area (Å²) < 4.78 is 2.28. The Bertz CT molecular complexity index is 2840. The van der Waals surface area contributed by atoms with Crippen LogP contribution < -0.4 is 27.3 Å². The number of benzene rings is 8. The second kappa shape index (κ2) is 13.5. The van der Waals surface area contributed by atoms with Gasteiger partial charge in [0.05, 0.1) is 11.0 Å². The first-order valence-electron chi connectivity index (χ1n) is 18.1. The first kappa shape index (κ1) is 33.9. The summed E-state index contributed by atoms with van der Waals surface area (Å²) in [7, 11) is 31.3. The highest BCUT2D eigenvalue weighted by Crippen LogP contribution is 2.44. The molecule has 0 bridgehead atoms. The number of imidazole rings is 1. The Morgan fingerprint density at radius 1 is 0.426 bits per heavy atom. The molecule has 0 fully saturated rings. The maximum atomic E-state index is 6.42. The molecular weight excluding hydrogens is 647 g/mol. The van der Waals surface area contributed by atoms with Gasteiger partial charge in [-0.15, -0.1) is 16.4 Å². The number of aryl methyl sites for hydroxylation is 1. The molecule has 242 valence electrons. The summed E-state index contributed by atoms with van der Waals surface area (Å²) in [6.07, 6.45) is 0.838. The van der Waals surface area contributed by atoms with E-state index in [-0.39, 0.29) is 16.4 Å². The minimum Gasteiger partial charge on any atom is -0.296 e. The van der Waals surface area contributed by atoms with E-state index >= 15 is 0 Å². The molecule has 9 rings (SSSR count). The van der Waals surface area contributed by atoms with E-state index in [4.69, 9.17) is 44.2 Å². The minimum absolute atomic E-state index is 0.205. The Hall–Kier alpha value is -5.93. The largest absolute Gasteiger partial charge is 0.296 e. The standard InChI is InChI=1S/C47H29B5N2/c1-2-39-53-37-19-7-8-20-38(37)54(39)32-14-10-12-30(26-32)29-11-9-13-31(25-29)41-35-17-5-3-15-33(35)40(34-16-4-6-18-36(34)41)27-21-23-28(24-22-27)42-43(48)45(50)47(52)46(51)44(42)49/h3-26H,2H2,1H3. The zero-order valence-corrected chi connectivity index (χ0v) is 29.8. The average Bonchev–Trinajstić information content (AvgIpc) is 3.61. The van der Waals surface area contributed by atoms with Crippen LogP contribution in [-0.4, -0.2) is 48.8 Å². The lowest BCUT2D eigenvalue weighted by molar-refractivity contribution is 0.908. The molecule has 8 aromatic carbocycles. The maximum absolute atomic E-state index is 6.42. The van der Waals surface area contributed by atoms with Crippen molar-refractivity contribution in [2.24, 2.45) is 0 Å². The Balaban J connectivity index is 1.18. The van der Waals surface area contributed by atoms with Crippen LogP contribution in [-0.2, 0) is 6.42 Å². The third kappa shape index (κ3) is 5.45. The van der Waals surface area contributed by atoms with Gasteiger partial charge in [0, 0.05) is 12.1 Å². The van der Waals surface area contributed by atoms with Gasteiger partial charge in [0.15, 0.2) is 0 Å². The van der Waals surface area contributed by atoms with Crippen molar-refractivity contribution in [3.05, 3.63) is 151 Å². The highest BCUT2D eigenvalue weighted by molar-refractivity contribution is 6.68. The summed E-state index contributed by atoms with van der Waals surface area (Å²) >= 11 is 0. The second-order valence-electron chi connectivity index (χ2n) is 13.7. The number of hydrogen-bond donors (Lipinski definition) is 0. The zero-order chi connectivity index (χ0) is 37.1. The molecule has 0 saturated carbocycles. The number of nitrogens with zero attached hydrogens (tertiary/aromatic N) is 2. The fraction of sp³-hybridized carbons (Fsp3) is 0.0426. The summed E-state index contributed by atoms with van der Waals surface area (Å²) in [5, 5.41) is 4.66. The molecule has 0 spiro atoms. The summed E-state index contributed by atoms with van der Waals surface area (Å²) in [6.45, 7) is 2.15. The van der Waals surface area contributed by atoms with Gasteiger partial charge in [-0.05, 0) is 96.4 Å². The Morgan fingerprint density at radius 3 is 1.48 bits per heavy atom. The molecule has 7 heteroatoms. The van der Waals surface area contributed by atoms with Gasteiger partial charge in [-0.2, -0.15) is 0 Å². The zero-order valence-electron chi connectivity index (χ0n) is 29.8. The summed E-state index contributed by atoms with van der Waals surface area (Å²) in [4.78, 5) is 4.92. The summed E-state index contributed by atoms with van der Waals surface area (Å²) in [5.41, 5.74) is 12.8. The Morgan fingerprint density at radius 2 is 0.889 bits per heavy atom. The van der Waals surface area contributed by atoms with Crippen molar-refractivity contribution in [2.45, 2.75) is 13.3 Å². The third-order valence-electron chi connectivity index (χ3n) is 10.6.